The van der Waals surface area contributed by atoms with Crippen molar-refractivity contribution in [2.45, 2.75) is 321 Å². The van der Waals surface area contributed by atoms with Crippen molar-refractivity contribution in [3.63, 3.8) is 0 Å². The first-order valence-corrected chi connectivity index (χ1v) is 35.3. The summed E-state index contributed by atoms with van der Waals surface area (Å²) in [5.74, 6) is -1.24. The van der Waals surface area contributed by atoms with Crippen LogP contribution in [0.25, 0.3) is 6.08 Å². The Bertz CT molecular complexity index is 2870. The Morgan fingerprint density at radius 1 is 0.576 bits per heavy atom. The number of carbonyl (C=O) groups excluding carboxylic acids is 1. The molecule has 6 aliphatic heterocycles. The molecule has 4 aliphatic carbocycles. The number of rotatable bonds is 22. The van der Waals surface area contributed by atoms with Crippen molar-refractivity contribution in [2.75, 3.05) is 42.2 Å². The molecule has 6 saturated heterocycles. The summed E-state index contributed by atoms with van der Waals surface area (Å²) in [4.78, 5) is 13.7. The van der Waals surface area contributed by atoms with Crippen LogP contribution in [-0.4, -0.2) is 289 Å². The van der Waals surface area contributed by atoms with Gasteiger partial charge in [-0.15, -0.1) is 0 Å². The molecule has 0 aromatic heterocycles. The first-order valence-electron chi connectivity index (χ1n) is 35.3. The molecule has 11 rings (SSSR count). The lowest BCUT2D eigenvalue weighted by atomic mass is 9.42. The number of hydrogen-bond donors (Lipinski definition) is 9. The van der Waals surface area contributed by atoms with E-state index >= 15 is 0 Å². The van der Waals surface area contributed by atoms with E-state index in [2.05, 4.69) is 6.92 Å². The average molecular weight is 1410 g/mol. The van der Waals surface area contributed by atoms with Gasteiger partial charge in [-0.1, -0.05) is 55.8 Å². The minimum absolute atomic E-state index is 0.00528. The first kappa shape index (κ1) is 77.2. The van der Waals surface area contributed by atoms with Gasteiger partial charge in [0, 0.05) is 73.2 Å². The molecule has 99 heavy (non-hydrogen) atoms. The highest BCUT2D eigenvalue weighted by atomic mass is 16.8. The fraction of sp³-hybridized carbons (Fsp3) is 0.845. The van der Waals surface area contributed by atoms with Crippen LogP contribution in [0.3, 0.4) is 0 Å². The first-order chi connectivity index (χ1) is 47.0. The zero-order valence-electron chi connectivity index (χ0n) is 59.2. The summed E-state index contributed by atoms with van der Waals surface area (Å²) in [6.45, 7) is 13.7. The van der Waals surface area contributed by atoms with Crippen LogP contribution in [0.5, 0.6) is 0 Å². The van der Waals surface area contributed by atoms with Crippen LogP contribution in [-0.2, 0) is 90.1 Å². The standard InChI is InChI=1S/C71H110O28/c1-34-59(43(82-9)28-51(87-34)92-42-22-23-67(7)41(27-42)21-24-70(80)48(67)32-49(94-50(74)20-19-40-17-15-14-16-18-40)68(8)69(79,39(6)73)25-26-71(68,70)81)95-52-29-44(83-10)60(35(2)88-52)96-53-30-45(84-11)61(36(3)89-53)97-54-31-46(85-12)62(37(4)90-54)98-66-58(78)64(86-13)63(38(5)91-66)99-65-57(77)56(76)55(75)47(33-72)93-65/h14-21,34-39,42-49,51-66,72-73,75-81H,22-33H2,1-13H3/b20-19+/t34-,35-,36-,37-,38-,39+,42+,43+,44+,45-,46-,47-,48-,49-,51+,52+,53+,54+,55-,56+,57-,58-,59-,60-,61-,62-,63-,64-,65+,66+,67+,68-,69-,70+,71-/m1/s1. The van der Waals surface area contributed by atoms with E-state index in [1.165, 1.54) is 27.2 Å². The van der Waals surface area contributed by atoms with Crippen molar-refractivity contribution in [2.24, 2.45) is 16.7 Å². The van der Waals surface area contributed by atoms with Crippen molar-refractivity contribution in [1.82, 2.24) is 0 Å². The third-order valence-electron chi connectivity index (χ3n) is 24.2. The highest BCUT2D eigenvalue weighted by Crippen LogP contribution is 2.71. The minimum atomic E-state index is -1.94. The normalized spacial score (nSPS) is 49.8. The summed E-state index contributed by atoms with van der Waals surface area (Å²) >= 11 is 0. The molecule has 6 heterocycles. The van der Waals surface area contributed by atoms with Gasteiger partial charge >= 0.3 is 5.97 Å². The highest BCUT2D eigenvalue weighted by molar-refractivity contribution is 5.87. The zero-order valence-corrected chi connectivity index (χ0v) is 59.2. The topological polar surface area (TPSA) is 365 Å². The lowest BCUT2D eigenvalue weighted by Gasteiger charge is -2.67. The molecular formula is C71H110O28. The summed E-state index contributed by atoms with van der Waals surface area (Å²) in [5.41, 5.74) is -5.96. The van der Waals surface area contributed by atoms with E-state index in [4.69, 9.17) is 85.3 Å². The zero-order chi connectivity index (χ0) is 71.4. The molecule has 35 atom stereocenters. The maximum absolute atomic E-state index is 13.7. The predicted molar refractivity (Wildman–Crippen MR) is 345 cm³/mol. The molecule has 28 nitrogen and oxygen atoms in total. The third-order valence-corrected chi connectivity index (χ3v) is 24.2. The molecule has 0 spiro atoms. The van der Waals surface area contributed by atoms with Gasteiger partial charge in [-0.05, 0) is 104 Å². The fourth-order valence-electron chi connectivity index (χ4n) is 18.4. The summed E-state index contributed by atoms with van der Waals surface area (Å²) < 4.78 is 113. The molecule has 0 amide bonds. The van der Waals surface area contributed by atoms with Crippen LogP contribution in [0.1, 0.15) is 132 Å². The summed E-state index contributed by atoms with van der Waals surface area (Å²) in [6, 6.07) is 9.31. The van der Waals surface area contributed by atoms with Crippen LogP contribution in [0.4, 0.5) is 0 Å². The Labute approximate surface area is 579 Å². The predicted octanol–water partition coefficient (Wildman–Crippen LogP) is 2.36. The summed E-state index contributed by atoms with van der Waals surface area (Å²) in [7, 11) is 7.74. The van der Waals surface area contributed by atoms with Gasteiger partial charge in [0.2, 0.25) is 0 Å². The van der Waals surface area contributed by atoms with Gasteiger partial charge < -0.3 is 131 Å². The molecule has 0 radical (unpaired) electrons. The van der Waals surface area contributed by atoms with E-state index in [1.54, 1.807) is 48.2 Å². The Morgan fingerprint density at radius 2 is 1.06 bits per heavy atom. The number of methoxy groups -OCH3 is 5. The summed E-state index contributed by atoms with van der Waals surface area (Å²) in [6.07, 6.45) is -17.5. The molecule has 0 bridgehead atoms. The Kier molecular flexibility index (Phi) is 24.4. The maximum atomic E-state index is 13.7. The largest absolute Gasteiger partial charge is 0.458 e. The number of aliphatic hydroxyl groups is 9. The SMILES string of the molecule is CO[C@@H]1[C@@H](O)[C@H](O[C@@H]2[C@@H](C)O[C@@H](O[C@@H]3[C@@H](C)O[C@@H](O[C@H]4[C@@H](OC)C[C@H](O[C@H]5[C@@H](OC)C[C@H](O[C@H]6CC[C@@]7(C)C(=CC[C@]8(O)[C@@H]7C[C@@H](OC(=O)/C=C/c7ccccc7)[C@@]7(C)[C@]8(O)CC[C@@]7(O)[C@H](C)O)C6)O[C@@H]5C)O[C@@H]4C)C[C@H]3OC)C[C@H]2OC)O[C@H](C)[C@H]1O[C@@H]1O[C@H](CO)[C@@H](O)[C@H](O)[C@H]1O. The number of esters is 1. The van der Waals surface area contributed by atoms with Gasteiger partial charge in [0.05, 0.1) is 79.2 Å². The Morgan fingerprint density at radius 3 is 1.56 bits per heavy atom. The van der Waals surface area contributed by atoms with E-state index in [0.29, 0.717) is 32.1 Å². The molecule has 562 valence electrons. The van der Waals surface area contributed by atoms with Gasteiger partial charge in [0.1, 0.15) is 90.1 Å². The Balaban J connectivity index is 0.658. The van der Waals surface area contributed by atoms with E-state index in [1.807, 2.05) is 57.2 Å². The second-order valence-electron chi connectivity index (χ2n) is 29.6. The lowest BCUT2D eigenvalue weighted by molar-refractivity contribution is -0.374. The molecule has 1 aromatic carbocycles. The second kappa shape index (κ2) is 31.3. The van der Waals surface area contributed by atoms with Crippen molar-refractivity contribution >= 4 is 12.0 Å². The van der Waals surface area contributed by atoms with Gasteiger partial charge in [-0.25, -0.2) is 4.79 Å². The summed E-state index contributed by atoms with van der Waals surface area (Å²) in [5, 5.41) is 102. The van der Waals surface area contributed by atoms with Crippen LogP contribution < -0.4 is 0 Å². The molecular weight excluding hydrogens is 1300 g/mol. The second-order valence-corrected chi connectivity index (χ2v) is 29.6. The van der Waals surface area contributed by atoms with Gasteiger partial charge in [-0.2, -0.15) is 0 Å². The number of hydrogen-bond acceptors (Lipinski definition) is 28. The highest BCUT2D eigenvalue weighted by Gasteiger charge is 2.81. The molecule has 9 fully saturated rings. The molecule has 3 saturated carbocycles. The molecule has 10 aliphatic rings. The molecule has 1 aromatic rings. The van der Waals surface area contributed by atoms with Crippen molar-refractivity contribution in [3.8, 4) is 0 Å². The van der Waals surface area contributed by atoms with Gasteiger partial charge in [0.15, 0.2) is 37.7 Å². The van der Waals surface area contributed by atoms with Crippen molar-refractivity contribution in [1.29, 1.82) is 0 Å². The number of aliphatic hydroxyl groups excluding tert-OH is 6. The minimum Gasteiger partial charge on any atom is -0.458 e. The Hall–Kier alpha value is -2.87. The number of ether oxygens (including phenoxy) is 18. The van der Waals surface area contributed by atoms with Crippen LogP contribution in [0.15, 0.2) is 48.1 Å². The van der Waals surface area contributed by atoms with Gasteiger partial charge in [0.25, 0.3) is 0 Å². The monoisotopic (exact) mass is 1410 g/mol. The van der Waals surface area contributed by atoms with E-state index < -0.39 is 218 Å². The van der Waals surface area contributed by atoms with Crippen LogP contribution in [0, 0.1) is 16.7 Å². The van der Waals surface area contributed by atoms with E-state index in [0.717, 1.165) is 11.1 Å². The number of carbonyl (C=O) groups is 1. The van der Waals surface area contributed by atoms with Gasteiger partial charge in [-0.3, -0.25) is 0 Å². The van der Waals surface area contributed by atoms with Crippen LogP contribution in [0.2, 0.25) is 0 Å². The third kappa shape index (κ3) is 14.6. The van der Waals surface area contributed by atoms with Crippen molar-refractivity contribution in [3.05, 3.63) is 53.6 Å². The quantitative estimate of drug-likeness (QED) is 0.0457. The lowest BCUT2D eigenvalue weighted by Crippen LogP contribution is -2.78. The number of benzene rings is 1. The van der Waals surface area contributed by atoms with Crippen molar-refractivity contribution < 1.29 is 136 Å². The van der Waals surface area contributed by atoms with E-state index in [-0.39, 0.29) is 44.6 Å². The maximum Gasteiger partial charge on any atom is 0.331 e. The molecule has 0 unspecified atom stereocenters. The fourth-order valence-corrected chi connectivity index (χ4v) is 18.4. The number of fused-ring (bicyclic) bond motifs is 5. The van der Waals surface area contributed by atoms with Crippen LogP contribution >= 0.6 is 0 Å². The smallest absolute Gasteiger partial charge is 0.331 e. The molecule has 28 heteroatoms. The van der Waals surface area contributed by atoms with E-state index in [9.17, 15) is 50.8 Å². The average Bonchev–Trinajstić information content (AvgIpc) is 1.59. The molecule has 9 N–H and O–H groups in total.